The number of piperidine rings is 2. The Morgan fingerprint density at radius 2 is 0.833 bits per heavy atom. The molecule has 1 aromatic carbocycles. The van der Waals surface area contributed by atoms with Crippen molar-refractivity contribution in [3.05, 3.63) is 24.3 Å². The lowest BCUT2D eigenvalue weighted by atomic mass is 9.80. The lowest BCUT2D eigenvalue weighted by Gasteiger charge is -2.49. The van der Waals surface area contributed by atoms with Crippen molar-refractivity contribution in [3.63, 3.8) is 0 Å². The van der Waals surface area contributed by atoms with Crippen molar-refractivity contribution in [2.75, 3.05) is 0 Å². The molecule has 2 heterocycles. The van der Waals surface area contributed by atoms with E-state index in [-0.39, 0.29) is 12.2 Å². The van der Waals surface area contributed by atoms with Gasteiger partial charge in [-0.3, -0.25) is 0 Å². The molecule has 2 radical (unpaired) electrons. The smallest absolute Gasteiger partial charge is 0.119 e. The molecule has 2 aliphatic rings. The minimum Gasteiger partial charge on any atom is -0.490 e. The van der Waals surface area contributed by atoms with Gasteiger partial charge in [0.05, 0.1) is 0 Å². The second kappa shape index (κ2) is 7.66. The van der Waals surface area contributed by atoms with Crippen LogP contribution in [-0.2, 0) is 10.4 Å². The highest BCUT2D eigenvalue weighted by atomic mass is 16.5. The van der Waals surface area contributed by atoms with Crippen LogP contribution in [-0.4, -0.2) is 44.5 Å². The molecule has 0 saturated carbocycles. The molecule has 0 amide bonds. The van der Waals surface area contributed by atoms with Gasteiger partial charge in [-0.25, -0.2) is 0 Å². The maximum Gasteiger partial charge on any atom is 0.119 e. The molecule has 6 nitrogen and oxygen atoms in total. The van der Waals surface area contributed by atoms with E-state index < -0.39 is 22.2 Å². The van der Waals surface area contributed by atoms with E-state index >= 15 is 0 Å². The lowest BCUT2D eigenvalue weighted by Crippen LogP contribution is -2.60. The number of ether oxygens (including phenoxy) is 2. The summed E-state index contributed by atoms with van der Waals surface area (Å²) in [7, 11) is 0. The molecule has 0 N–H and O–H groups in total. The largest absolute Gasteiger partial charge is 0.490 e. The minimum absolute atomic E-state index is 0.00468. The normalized spacial score (nSPS) is 27.0. The van der Waals surface area contributed by atoms with Gasteiger partial charge in [-0.2, -0.15) is 0 Å². The SMILES string of the molecule is CC1(C)CC(Oc2ccc(OC3CC(C)(C)N([O])C(C)(C)C3)cc2)CC(C)(C)N1[O]. The average molecular weight is 419 g/mol. The number of hydroxylamine groups is 4. The van der Waals surface area contributed by atoms with E-state index in [0.717, 1.165) is 11.5 Å². The number of rotatable bonds is 4. The fourth-order valence-corrected chi connectivity index (χ4v) is 5.49. The molecule has 0 spiro atoms. The van der Waals surface area contributed by atoms with Crippen LogP contribution in [0.3, 0.4) is 0 Å². The van der Waals surface area contributed by atoms with Crippen LogP contribution in [0.4, 0.5) is 0 Å². The van der Waals surface area contributed by atoms with Crippen molar-refractivity contribution in [2.24, 2.45) is 0 Å². The first-order valence-electron chi connectivity index (χ1n) is 11.0. The summed E-state index contributed by atoms with van der Waals surface area (Å²) in [6, 6.07) is 7.71. The third kappa shape index (κ3) is 4.77. The highest BCUT2D eigenvalue weighted by molar-refractivity contribution is 5.32. The highest BCUT2D eigenvalue weighted by Crippen LogP contribution is 2.40. The number of hydrogen-bond donors (Lipinski definition) is 0. The van der Waals surface area contributed by atoms with Gasteiger partial charge in [-0.1, -0.05) is 0 Å². The van der Waals surface area contributed by atoms with Gasteiger partial charge in [0.25, 0.3) is 0 Å². The van der Waals surface area contributed by atoms with E-state index in [2.05, 4.69) is 0 Å². The quantitative estimate of drug-likeness (QED) is 0.676. The van der Waals surface area contributed by atoms with Crippen LogP contribution in [0.25, 0.3) is 0 Å². The highest BCUT2D eigenvalue weighted by Gasteiger charge is 2.48. The Morgan fingerprint density at radius 1 is 0.600 bits per heavy atom. The predicted molar refractivity (Wildman–Crippen MR) is 115 cm³/mol. The van der Waals surface area contributed by atoms with Crippen LogP contribution in [0.1, 0.15) is 81.1 Å². The van der Waals surface area contributed by atoms with Crippen LogP contribution in [0.5, 0.6) is 11.5 Å². The van der Waals surface area contributed by atoms with Crippen LogP contribution < -0.4 is 9.47 Å². The fraction of sp³-hybridized carbons (Fsp3) is 0.750. The van der Waals surface area contributed by atoms with Crippen molar-refractivity contribution in [3.8, 4) is 11.5 Å². The molecule has 0 bridgehead atoms. The van der Waals surface area contributed by atoms with Gasteiger partial charge in [0, 0.05) is 47.8 Å². The van der Waals surface area contributed by atoms with Gasteiger partial charge < -0.3 is 9.47 Å². The maximum atomic E-state index is 12.5. The van der Waals surface area contributed by atoms with Gasteiger partial charge in [-0.05, 0) is 79.7 Å². The summed E-state index contributed by atoms with van der Waals surface area (Å²) >= 11 is 0. The lowest BCUT2D eigenvalue weighted by molar-refractivity contribution is -0.296. The average Bonchev–Trinajstić information content (AvgIpc) is 2.58. The second-order valence-corrected chi connectivity index (χ2v) is 11.6. The zero-order valence-corrected chi connectivity index (χ0v) is 19.8. The summed E-state index contributed by atoms with van der Waals surface area (Å²) in [6.07, 6.45) is 2.75. The van der Waals surface area contributed by atoms with E-state index in [1.165, 1.54) is 10.1 Å². The van der Waals surface area contributed by atoms with Crippen LogP contribution in [0, 0.1) is 0 Å². The van der Waals surface area contributed by atoms with E-state index in [9.17, 15) is 10.4 Å². The Morgan fingerprint density at radius 3 is 1.07 bits per heavy atom. The zero-order chi connectivity index (χ0) is 22.5. The molecule has 30 heavy (non-hydrogen) atoms. The first-order chi connectivity index (χ1) is 13.6. The molecule has 0 aromatic heterocycles. The summed E-state index contributed by atoms with van der Waals surface area (Å²) in [4.78, 5) is 0. The summed E-state index contributed by atoms with van der Waals surface area (Å²) < 4.78 is 12.5. The predicted octanol–water partition coefficient (Wildman–Crippen LogP) is 5.18. The summed E-state index contributed by atoms with van der Waals surface area (Å²) in [6.45, 7) is 15.8. The molecule has 2 saturated heterocycles. The summed E-state index contributed by atoms with van der Waals surface area (Å²) in [5.41, 5.74) is -1.81. The molecule has 3 rings (SSSR count). The molecule has 2 fully saturated rings. The van der Waals surface area contributed by atoms with E-state index in [1.807, 2.05) is 79.7 Å². The standard InChI is InChI=1S/C24H38N2O4/c1-21(2)13-19(14-22(3,4)25(21)27)29-17-9-11-18(12-10-17)30-20-15-23(5,6)26(28)24(7,8)16-20/h9-12,19-20H,13-16H2,1-8H3. The third-order valence-electron chi connectivity index (χ3n) is 6.54. The molecule has 0 unspecified atom stereocenters. The van der Waals surface area contributed by atoms with Gasteiger partial charge in [0.1, 0.15) is 23.7 Å². The molecule has 0 aliphatic carbocycles. The molecule has 1 aromatic rings. The third-order valence-corrected chi connectivity index (χ3v) is 6.54. The Hall–Kier alpha value is -1.34. The number of hydrogen-bond acceptors (Lipinski definition) is 4. The minimum atomic E-state index is -0.453. The first-order valence-corrected chi connectivity index (χ1v) is 11.0. The Kier molecular flexibility index (Phi) is 5.96. The number of nitrogens with zero attached hydrogens (tertiary/aromatic N) is 2. The summed E-state index contributed by atoms with van der Waals surface area (Å²) in [5, 5.41) is 27.5. The van der Waals surface area contributed by atoms with Gasteiger partial charge in [-0.15, -0.1) is 20.5 Å². The summed E-state index contributed by atoms with van der Waals surface area (Å²) in [5.74, 6) is 1.57. The van der Waals surface area contributed by atoms with Gasteiger partial charge in [0.15, 0.2) is 0 Å². The Balaban J connectivity index is 1.63. The second-order valence-electron chi connectivity index (χ2n) is 11.6. The number of benzene rings is 1. The van der Waals surface area contributed by atoms with E-state index in [0.29, 0.717) is 25.7 Å². The molecule has 2 aliphatic heterocycles. The zero-order valence-electron chi connectivity index (χ0n) is 19.8. The maximum absolute atomic E-state index is 12.5. The fourth-order valence-electron chi connectivity index (χ4n) is 5.49. The van der Waals surface area contributed by atoms with Crippen molar-refractivity contribution < 1.29 is 19.9 Å². The van der Waals surface area contributed by atoms with Crippen molar-refractivity contribution in [2.45, 2.75) is 115 Å². The molecular weight excluding hydrogens is 380 g/mol. The topological polar surface area (TPSA) is 64.7 Å². The van der Waals surface area contributed by atoms with Crippen LogP contribution in [0.15, 0.2) is 24.3 Å². The van der Waals surface area contributed by atoms with Gasteiger partial charge in [0.2, 0.25) is 0 Å². The Labute approximate surface area is 181 Å². The first kappa shape index (κ1) is 23.3. The van der Waals surface area contributed by atoms with Crippen molar-refractivity contribution in [1.29, 1.82) is 0 Å². The molecular formula is C24H38N2O4. The van der Waals surface area contributed by atoms with Gasteiger partial charge >= 0.3 is 0 Å². The van der Waals surface area contributed by atoms with Crippen LogP contribution in [0.2, 0.25) is 0 Å². The Bertz CT molecular complexity index is 643. The van der Waals surface area contributed by atoms with E-state index in [4.69, 9.17) is 9.47 Å². The monoisotopic (exact) mass is 418 g/mol. The molecule has 168 valence electrons. The van der Waals surface area contributed by atoms with Crippen molar-refractivity contribution >= 4 is 0 Å². The molecule has 6 heteroatoms. The molecule has 0 atom stereocenters. The van der Waals surface area contributed by atoms with Crippen molar-refractivity contribution in [1.82, 2.24) is 10.1 Å². The van der Waals surface area contributed by atoms with E-state index in [1.54, 1.807) is 0 Å². The van der Waals surface area contributed by atoms with Crippen LogP contribution >= 0.6 is 0 Å².